The fourth-order valence-electron chi connectivity index (χ4n) is 5.78. The summed E-state index contributed by atoms with van der Waals surface area (Å²) in [7, 11) is 0. The largest absolute Gasteiger partial charge is 0.460 e. The predicted octanol–water partition coefficient (Wildman–Crippen LogP) is 6.41. The molecular formula is C36H39N3O5. The topological polar surface area (TPSA) is 109 Å². The van der Waals surface area contributed by atoms with E-state index < -0.39 is 23.5 Å². The highest BCUT2D eigenvalue weighted by molar-refractivity contribution is 5.99. The molecule has 44 heavy (non-hydrogen) atoms. The van der Waals surface area contributed by atoms with E-state index in [-0.39, 0.29) is 24.0 Å². The molecule has 1 saturated heterocycles. The Morgan fingerprint density at radius 2 is 1.70 bits per heavy atom. The first-order valence-corrected chi connectivity index (χ1v) is 15.1. The van der Waals surface area contributed by atoms with Crippen molar-refractivity contribution in [3.05, 3.63) is 90.0 Å². The molecule has 2 heterocycles. The molecule has 0 bridgehead atoms. The molecule has 2 amide bonds. The van der Waals surface area contributed by atoms with Crippen molar-refractivity contribution in [1.29, 1.82) is 0 Å². The van der Waals surface area contributed by atoms with Gasteiger partial charge in [-0.2, -0.15) is 0 Å². The summed E-state index contributed by atoms with van der Waals surface area (Å²) in [6.45, 7) is 7.42. The van der Waals surface area contributed by atoms with Gasteiger partial charge in [-0.25, -0.2) is 0 Å². The number of esters is 1. The first-order valence-electron chi connectivity index (χ1n) is 15.1. The van der Waals surface area contributed by atoms with Gasteiger partial charge in [0.05, 0.1) is 12.3 Å². The van der Waals surface area contributed by atoms with Gasteiger partial charge in [-0.05, 0) is 87.6 Å². The van der Waals surface area contributed by atoms with Gasteiger partial charge in [0.25, 0.3) is 0 Å². The van der Waals surface area contributed by atoms with Gasteiger partial charge in [-0.3, -0.25) is 19.2 Å². The highest BCUT2D eigenvalue weighted by Gasteiger charge is 2.39. The van der Waals surface area contributed by atoms with Crippen molar-refractivity contribution in [1.82, 2.24) is 9.88 Å². The summed E-state index contributed by atoms with van der Waals surface area (Å²) in [5.41, 5.74) is 4.54. The van der Waals surface area contributed by atoms with E-state index in [0.717, 1.165) is 33.3 Å². The molecule has 8 nitrogen and oxygen atoms in total. The number of benzene rings is 3. The smallest absolute Gasteiger partial charge is 0.307 e. The van der Waals surface area contributed by atoms with Gasteiger partial charge in [0.2, 0.25) is 11.8 Å². The van der Waals surface area contributed by atoms with Crippen molar-refractivity contribution < 1.29 is 23.9 Å². The van der Waals surface area contributed by atoms with Crippen LogP contribution in [0.1, 0.15) is 64.0 Å². The summed E-state index contributed by atoms with van der Waals surface area (Å²) < 4.78 is 5.53. The number of ether oxygens (including phenoxy) is 1. The lowest BCUT2D eigenvalue weighted by Crippen LogP contribution is -2.45. The molecular weight excluding hydrogens is 554 g/mol. The van der Waals surface area contributed by atoms with Crippen LogP contribution < -0.4 is 5.32 Å². The molecule has 228 valence electrons. The number of nitrogens with zero attached hydrogens (tertiary/aromatic N) is 1. The molecule has 0 spiro atoms. The second-order valence-electron chi connectivity index (χ2n) is 12.5. The van der Waals surface area contributed by atoms with E-state index in [1.54, 1.807) is 32.6 Å². The lowest BCUT2D eigenvalue weighted by atomic mass is 9.93. The van der Waals surface area contributed by atoms with Crippen LogP contribution in [0.3, 0.4) is 0 Å². The molecule has 3 aromatic carbocycles. The molecule has 0 unspecified atom stereocenters. The SMILES string of the molecule is CC(=O)Cc1ccc2[nH]c(-c3ccc(NC(=O)[C@@H]4CCCN4C(=O)[C@H](CC(=O)OC(C)(C)C)c4ccccc4)cc3)cc2c1. The van der Waals surface area contributed by atoms with Crippen molar-refractivity contribution in [2.24, 2.45) is 0 Å². The fourth-order valence-corrected chi connectivity index (χ4v) is 5.78. The number of ketones is 1. The lowest BCUT2D eigenvalue weighted by Gasteiger charge is -2.29. The maximum atomic E-state index is 13.9. The number of hydrogen-bond acceptors (Lipinski definition) is 5. The van der Waals surface area contributed by atoms with E-state index in [2.05, 4.69) is 16.4 Å². The number of carbonyl (C=O) groups excluding carboxylic acids is 4. The predicted molar refractivity (Wildman–Crippen MR) is 171 cm³/mol. The minimum Gasteiger partial charge on any atom is -0.460 e. The number of Topliss-reactive ketones (excluding diaryl/α,β-unsaturated/α-hetero) is 1. The van der Waals surface area contributed by atoms with E-state index in [1.807, 2.05) is 72.8 Å². The Bertz CT molecular complexity index is 1670. The van der Waals surface area contributed by atoms with Gasteiger partial charge in [0.15, 0.2) is 0 Å². The van der Waals surface area contributed by atoms with Crippen LogP contribution in [-0.4, -0.2) is 51.6 Å². The number of carbonyl (C=O) groups is 4. The maximum absolute atomic E-state index is 13.9. The standard InChI is InChI=1S/C36H39N3O5/c1-23(40)19-24-12-17-30-27(20-24)21-31(38-30)26-13-15-28(16-14-26)37-34(42)32-11-8-18-39(32)35(43)29(25-9-6-5-7-10-25)22-33(41)44-36(2,3)4/h5-7,9-10,12-17,20-21,29,32,38H,8,11,18-19,22H2,1-4H3,(H,37,42)/t29-,32+/m1/s1. The van der Waals surface area contributed by atoms with Crippen LogP contribution in [0.5, 0.6) is 0 Å². The normalized spacial score (nSPS) is 15.6. The van der Waals surface area contributed by atoms with Gasteiger partial charge in [-0.1, -0.05) is 48.5 Å². The Morgan fingerprint density at radius 1 is 0.977 bits per heavy atom. The molecule has 1 fully saturated rings. The number of hydrogen-bond donors (Lipinski definition) is 2. The molecule has 1 aliphatic rings. The van der Waals surface area contributed by atoms with Crippen LogP contribution in [0, 0.1) is 0 Å². The number of likely N-dealkylation sites (tertiary alicyclic amines) is 1. The summed E-state index contributed by atoms with van der Waals surface area (Å²) in [6, 6.07) is 24.1. The Hall–Kier alpha value is -4.72. The average molecular weight is 594 g/mol. The molecule has 0 saturated carbocycles. The average Bonchev–Trinajstić information content (AvgIpc) is 3.63. The fraction of sp³-hybridized carbons (Fsp3) is 0.333. The highest BCUT2D eigenvalue weighted by Crippen LogP contribution is 2.30. The summed E-state index contributed by atoms with van der Waals surface area (Å²) in [5, 5.41) is 4.01. The third kappa shape index (κ3) is 7.43. The van der Waals surface area contributed by atoms with Gasteiger partial charge < -0.3 is 19.9 Å². The summed E-state index contributed by atoms with van der Waals surface area (Å²) >= 11 is 0. The minimum absolute atomic E-state index is 0.0990. The zero-order chi connectivity index (χ0) is 31.4. The third-order valence-corrected chi connectivity index (χ3v) is 7.73. The number of amides is 2. The first-order chi connectivity index (χ1) is 21.0. The molecule has 8 heteroatoms. The molecule has 0 radical (unpaired) electrons. The van der Waals surface area contributed by atoms with Gasteiger partial charge in [-0.15, -0.1) is 0 Å². The molecule has 1 aromatic heterocycles. The number of rotatable bonds is 9. The molecule has 2 atom stereocenters. The molecule has 5 rings (SSSR count). The Labute approximate surface area is 257 Å². The first kappa shape index (κ1) is 30.7. The van der Waals surface area contributed by atoms with Crippen molar-refractivity contribution >= 4 is 40.2 Å². The quantitative estimate of drug-likeness (QED) is 0.218. The lowest BCUT2D eigenvalue weighted by molar-refractivity contribution is -0.157. The van der Waals surface area contributed by atoms with Crippen LogP contribution in [0.4, 0.5) is 5.69 Å². The van der Waals surface area contributed by atoms with Crippen molar-refractivity contribution in [2.45, 2.75) is 70.9 Å². The minimum atomic E-state index is -0.742. The molecule has 1 aliphatic heterocycles. The van der Waals surface area contributed by atoms with Crippen LogP contribution in [0.15, 0.2) is 78.9 Å². The maximum Gasteiger partial charge on any atom is 0.307 e. The summed E-state index contributed by atoms with van der Waals surface area (Å²) in [4.78, 5) is 56.6. The van der Waals surface area contributed by atoms with E-state index in [4.69, 9.17) is 4.74 Å². The number of fused-ring (bicyclic) bond motifs is 1. The molecule has 4 aromatic rings. The summed E-state index contributed by atoms with van der Waals surface area (Å²) in [5.74, 6) is -1.57. The van der Waals surface area contributed by atoms with Crippen molar-refractivity contribution in [3.8, 4) is 11.3 Å². The van der Waals surface area contributed by atoms with Crippen LogP contribution >= 0.6 is 0 Å². The number of H-pyrrole nitrogens is 1. The number of anilines is 1. The number of aromatic amines is 1. The number of aromatic nitrogens is 1. The van der Waals surface area contributed by atoms with E-state index in [9.17, 15) is 19.2 Å². The van der Waals surface area contributed by atoms with Gasteiger partial charge >= 0.3 is 5.97 Å². The van der Waals surface area contributed by atoms with E-state index in [1.165, 1.54) is 0 Å². The van der Waals surface area contributed by atoms with Gasteiger partial charge in [0, 0.05) is 35.2 Å². The monoisotopic (exact) mass is 593 g/mol. The zero-order valence-electron chi connectivity index (χ0n) is 25.7. The highest BCUT2D eigenvalue weighted by atomic mass is 16.6. The second kappa shape index (κ2) is 12.9. The molecule has 2 N–H and O–H groups in total. The second-order valence-corrected chi connectivity index (χ2v) is 12.5. The Morgan fingerprint density at radius 3 is 2.39 bits per heavy atom. The Balaban J connectivity index is 1.28. The van der Waals surface area contributed by atoms with Crippen LogP contribution in [0.25, 0.3) is 22.2 Å². The van der Waals surface area contributed by atoms with Crippen molar-refractivity contribution in [3.63, 3.8) is 0 Å². The molecule has 0 aliphatic carbocycles. The zero-order valence-corrected chi connectivity index (χ0v) is 25.7. The summed E-state index contributed by atoms with van der Waals surface area (Å²) in [6.07, 6.45) is 1.55. The van der Waals surface area contributed by atoms with Gasteiger partial charge in [0.1, 0.15) is 17.4 Å². The van der Waals surface area contributed by atoms with Crippen LogP contribution in [0.2, 0.25) is 0 Å². The third-order valence-electron chi connectivity index (χ3n) is 7.73. The van der Waals surface area contributed by atoms with E-state index in [0.29, 0.717) is 31.5 Å². The van der Waals surface area contributed by atoms with Crippen LogP contribution in [-0.2, 0) is 30.3 Å². The van der Waals surface area contributed by atoms with Crippen molar-refractivity contribution in [2.75, 3.05) is 11.9 Å². The number of nitrogens with one attached hydrogen (secondary N) is 2. The Kier molecular flexibility index (Phi) is 8.99. The van der Waals surface area contributed by atoms with E-state index >= 15 is 0 Å².